The van der Waals surface area contributed by atoms with E-state index in [4.69, 9.17) is 16.0 Å². The van der Waals surface area contributed by atoms with Gasteiger partial charge in [0, 0.05) is 16.5 Å². The average molecular weight is 396 g/mol. The summed E-state index contributed by atoms with van der Waals surface area (Å²) >= 11 is 8.38. The Hall–Kier alpha value is -1.97. The molecule has 0 fully saturated rings. The maximum absolute atomic E-state index is 12.0. The van der Waals surface area contributed by atoms with Gasteiger partial charge in [0.2, 0.25) is 16.9 Å². The van der Waals surface area contributed by atoms with E-state index in [1.165, 1.54) is 11.3 Å². The van der Waals surface area contributed by atoms with Crippen molar-refractivity contribution in [3.05, 3.63) is 34.3 Å². The summed E-state index contributed by atoms with van der Waals surface area (Å²) in [5.74, 6) is 0.592. The largest absolute Gasteiger partial charge is 0.411 e. The number of nitrogens with one attached hydrogen (secondary N) is 1. The van der Waals surface area contributed by atoms with Crippen LogP contribution in [0.25, 0.3) is 11.5 Å². The summed E-state index contributed by atoms with van der Waals surface area (Å²) in [6.45, 7) is 4.05. The molecule has 0 spiro atoms. The van der Waals surface area contributed by atoms with Gasteiger partial charge < -0.3 is 4.42 Å². The van der Waals surface area contributed by atoms with Gasteiger partial charge >= 0.3 is 0 Å². The maximum atomic E-state index is 12.0. The first-order chi connectivity index (χ1) is 12.0. The molecule has 0 saturated heterocycles. The first-order valence-electron chi connectivity index (χ1n) is 7.37. The molecule has 0 aliphatic carbocycles. The number of amides is 1. The second kappa shape index (κ2) is 7.94. The number of halogens is 1. The highest BCUT2D eigenvalue weighted by Gasteiger charge is 2.13. The number of hydrogen-bond acceptors (Lipinski definition) is 8. The lowest BCUT2D eigenvalue weighted by atomic mass is 10.2. The second-order valence-corrected chi connectivity index (χ2v) is 7.69. The highest BCUT2D eigenvalue weighted by atomic mass is 35.5. The van der Waals surface area contributed by atoms with E-state index in [2.05, 4.69) is 25.7 Å². The van der Waals surface area contributed by atoms with E-state index in [-0.39, 0.29) is 17.6 Å². The summed E-state index contributed by atoms with van der Waals surface area (Å²) in [6, 6.07) is 7.07. The van der Waals surface area contributed by atoms with Gasteiger partial charge in [0.25, 0.3) is 5.22 Å². The van der Waals surface area contributed by atoms with E-state index in [0.717, 1.165) is 22.3 Å². The van der Waals surface area contributed by atoms with Gasteiger partial charge in [-0.1, -0.05) is 48.5 Å². The number of aromatic nitrogens is 4. The lowest BCUT2D eigenvalue weighted by Crippen LogP contribution is -2.13. The number of rotatable bonds is 6. The summed E-state index contributed by atoms with van der Waals surface area (Å²) in [5.41, 5.74) is 0.767. The maximum Gasteiger partial charge on any atom is 0.277 e. The van der Waals surface area contributed by atoms with E-state index in [1.54, 1.807) is 24.3 Å². The standard InChI is InChI=1S/C15H14ClN5O2S2/c1-8(2)13-19-20-14(25-13)17-11(22)7-24-15-21-18-12(23-15)9-3-5-10(16)6-4-9/h3-6,8H,7H2,1-2H3,(H,17,20,22). The first kappa shape index (κ1) is 17.8. The minimum absolute atomic E-state index is 0.138. The second-order valence-electron chi connectivity index (χ2n) is 5.32. The van der Waals surface area contributed by atoms with Gasteiger partial charge in [-0.15, -0.1) is 20.4 Å². The Morgan fingerprint density at radius 1 is 1.24 bits per heavy atom. The normalized spacial score (nSPS) is 11.0. The number of hydrogen-bond donors (Lipinski definition) is 1. The summed E-state index contributed by atoms with van der Waals surface area (Å²) in [7, 11) is 0. The van der Waals surface area contributed by atoms with Crippen LogP contribution in [0.4, 0.5) is 5.13 Å². The van der Waals surface area contributed by atoms with Crippen LogP contribution in [0.1, 0.15) is 24.8 Å². The van der Waals surface area contributed by atoms with Crippen LogP contribution in [-0.4, -0.2) is 32.1 Å². The third-order valence-corrected chi connectivity index (χ3v) is 5.21. The van der Waals surface area contributed by atoms with Crippen molar-refractivity contribution in [1.82, 2.24) is 20.4 Å². The summed E-state index contributed by atoms with van der Waals surface area (Å²) in [5, 5.41) is 20.9. The van der Waals surface area contributed by atoms with Crippen molar-refractivity contribution in [3.63, 3.8) is 0 Å². The number of nitrogens with zero attached hydrogens (tertiary/aromatic N) is 4. The zero-order valence-electron chi connectivity index (χ0n) is 13.4. The Kier molecular flexibility index (Phi) is 5.67. The molecule has 3 rings (SSSR count). The molecule has 0 bridgehead atoms. The highest BCUT2D eigenvalue weighted by Crippen LogP contribution is 2.25. The third-order valence-electron chi connectivity index (χ3n) is 3.01. The van der Waals surface area contributed by atoms with Crippen LogP contribution in [0.5, 0.6) is 0 Å². The molecule has 2 heterocycles. The van der Waals surface area contributed by atoms with Gasteiger partial charge in [0.05, 0.1) is 5.75 Å². The Balaban J connectivity index is 1.54. The molecule has 1 aromatic carbocycles. The predicted molar refractivity (Wildman–Crippen MR) is 98.1 cm³/mol. The van der Waals surface area contributed by atoms with Gasteiger partial charge in [-0.2, -0.15) is 0 Å². The molecule has 0 saturated carbocycles. The zero-order chi connectivity index (χ0) is 17.8. The number of carbonyl (C=O) groups excluding carboxylic acids is 1. The van der Waals surface area contributed by atoms with Crippen LogP contribution in [0.15, 0.2) is 33.9 Å². The molecule has 0 aliphatic rings. The molecule has 130 valence electrons. The van der Waals surface area contributed by atoms with Crippen LogP contribution in [0, 0.1) is 0 Å². The van der Waals surface area contributed by atoms with E-state index < -0.39 is 0 Å². The van der Waals surface area contributed by atoms with Gasteiger partial charge in [-0.05, 0) is 24.3 Å². The van der Waals surface area contributed by atoms with Crippen molar-refractivity contribution in [2.75, 3.05) is 11.1 Å². The predicted octanol–water partition coefficient (Wildman–Crippen LogP) is 4.10. The quantitative estimate of drug-likeness (QED) is 0.628. The number of benzene rings is 1. The van der Waals surface area contributed by atoms with E-state index in [9.17, 15) is 4.79 Å². The fraction of sp³-hybridized carbons (Fsp3) is 0.267. The van der Waals surface area contributed by atoms with Crippen LogP contribution < -0.4 is 5.32 Å². The lowest BCUT2D eigenvalue weighted by Gasteiger charge is -1.98. The first-order valence-corrected chi connectivity index (χ1v) is 9.55. The van der Waals surface area contributed by atoms with Crippen LogP contribution in [0.3, 0.4) is 0 Å². The molecule has 3 aromatic rings. The number of thioether (sulfide) groups is 1. The molecule has 0 unspecified atom stereocenters. The SMILES string of the molecule is CC(C)c1nnc(NC(=O)CSc2nnc(-c3ccc(Cl)cc3)o2)s1. The molecule has 25 heavy (non-hydrogen) atoms. The van der Waals surface area contributed by atoms with Crippen molar-refractivity contribution in [2.45, 2.75) is 25.0 Å². The Labute approximate surface area is 157 Å². The van der Waals surface area contributed by atoms with Gasteiger partial charge in [0.15, 0.2) is 0 Å². The fourth-order valence-corrected chi connectivity index (χ4v) is 3.23. The summed E-state index contributed by atoms with van der Waals surface area (Å²) in [4.78, 5) is 12.0. The molecule has 1 N–H and O–H groups in total. The van der Waals surface area contributed by atoms with Gasteiger partial charge in [-0.3, -0.25) is 10.1 Å². The number of carbonyl (C=O) groups is 1. The van der Waals surface area contributed by atoms with E-state index >= 15 is 0 Å². The molecule has 1 amide bonds. The Morgan fingerprint density at radius 3 is 2.68 bits per heavy atom. The monoisotopic (exact) mass is 395 g/mol. The molecule has 2 aromatic heterocycles. The van der Waals surface area contributed by atoms with Crippen molar-refractivity contribution < 1.29 is 9.21 Å². The number of anilines is 1. The van der Waals surface area contributed by atoms with Gasteiger partial charge in [0.1, 0.15) is 5.01 Å². The molecule has 0 atom stereocenters. The minimum atomic E-state index is -0.206. The van der Waals surface area contributed by atoms with Gasteiger partial charge in [-0.25, -0.2) is 0 Å². The Morgan fingerprint density at radius 2 is 2.00 bits per heavy atom. The lowest BCUT2D eigenvalue weighted by molar-refractivity contribution is -0.113. The molecular weight excluding hydrogens is 382 g/mol. The Bertz CT molecular complexity index is 863. The van der Waals surface area contributed by atoms with Crippen molar-refractivity contribution in [3.8, 4) is 11.5 Å². The molecule has 0 radical (unpaired) electrons. The molecule has 10 heteroatoms. The average Bonchev–Trinajstić information content (AvgIpc) is 3.23. The van der Waals surface area contributed by atoms with E-state index in [0.29, 0.717) is 21.3 Å². The highest BCUT2D eigenvalue weighted by molar-refractivity contribution is 7.99. The van der Waals surface area contributed by atoms with Crippen LogP contribution >= 0.6 is 34.7 Å². The topological polar surface area (TPSA) is 93.8 Å². The molecule has 0 aliphatic heterocycles. The fourth-order valence-electron chi connectivity index (χ4n) is 1.78. The van der Waals surface area contributed by atoms with E-state index in [1.807, 2.05) is 13.8 Å². The molecule has 7 nitrogen and oxygen atoms in total. The third kappa shape index (κ3) is 4.77. The van der Waals surface area contributed by atoms with Crippen molar-refractivity contribution in [1.29, 1.82) is 0 Å². The van der Waals surface area contributed by atoms with Crippen molar-refractivity contribution >= 4 is 45.7 Å². The minimum Gasteiger partial charge on any atom is -0.411 e. The smallest absolute Gasteiger partial charge is 0.277 e. The molecular formula is C15H14ClN5O2S2. The zero-order valence-corrected chi connectivity index (χ0v) is 15.8. The summed E-state index contributed by atoms with van der Waals surface area (Å²) in [6.07, 6.45) is 0. The van der Waals surface area contributed by atoms with Crippen LogP contribution in [0.2, 0.25) is 5.02 Å². The summed E-state index contributed by atoms with van der Waals surface area (Å²) < 4.78 is 5.54. The van der Waals surface area contributed by atoms with Crippen LogP contribution in [-0.2, 0) is 4.79 Å². The van der Waals surface area contributed by atoms with Crippen molar-refractivity contribution in [2.24, 2.45) is 0 Å².